The molecule has 0 fully saturated rings. The summed E-state index contributed by atoms with van der Waals surface area (Å²) in [4.78, 5) is 20.5. The second kappa shape index (κ2) is 8.29. The number of sulfonamides is 2. The van der Waals surface area contributed by atoms with Crippen LogP contribution in [0.4, 0.5) is 0 Å². The normalized spacial score (nSPS) is 11.4. The van der Waals surface area contributed by atoms with Crippen LogP contribution >= 0.6 is 0 Å². The van der Waals surface area contributed by atoms with Gasteiger partial charge in [-0.1, -0.05) is 11.6 Å². The van der Waals surface area contributed by atoms with E-state index in [0.717, 1.165) is 42.5 Å². The number of carboxylic acids is 2. The maximum atomic E-state index is 12.2. The molecule has 0 heterocycles. The van der Waals surface area contributed by atoms with Crippen LogP contribution in [0.1, 0.15) is 20.7 Å². The van der Waals surface area contributed by atoms with Gasteiger partial charge >= 0.3 is 35.5 Å². The fraction of sp³-hybridized carbons (Fsp3) is 0. The SMILES string of the molecule is O=C(O)c1[c-]c(S(=O)(=O)NS(=O)(=O)c2cccc(C(=O)O)c2)ccc1.[Na+]. The molecule has 9 nitrogen and oxygen atoms in total. The molecule has 12 heteroatoms. The standard InChI is InChI=1S/C14H10NO8S2.Na/c16-13(17)9-3-1-5-11(7-9)24(20,21)15-25(22,23)12-6-2-4-10(8-12)14(18)19;/h1-7,15H,(H,16,17)(H,18,19);/q-1;+1. The quantitative estimate of drug-likeness (QED) is 0.352. The van der Waals surface area contributed by atoms with Gasteiger partial charge in [0, 0.05) is 4.90 Å². The molecule has 2 aromatic carbocycles. The molecule has 0 amide bonds. The monoisotopic (exact) mass is 407 g/mol. The molecule has 0 saturated heterocycles. The van der Waals surface area contributed by atoms with Crippen molar-refractivity contribution in [1.82, 2.24) is 4.13 Å². The van der Waals surface area contributed by atoms with E-state index in [-0.39, 0.29) is 35.1 Å². The smallest absolute Gasteiger partial charge is 0.521 e. The summed E-state index contributed by atoms with van der Waals surface area (Å²) in [6.45, 7) is 0. The maximum Gasteiger partial charge on any atom is 1.00 e. The van der Waals surface area contributed by atoms with Crippen LogP contribution in [0.25, 0.3) is 0 Å². The van der Waals surface area contributed by atoms with Crippen molar-refractivity contribution in [2.24, 2.45) is 0 Å². The van der Waals surface area contributed by atoms with E-state index in [4.69, 9.17) is 10.2 Å². The summed E-state index contributed by atoms with van der Waals surface area (Å²) < 4.78 is 50.2. The van der Waals surface area contributed by atoms with Gasteiger partial charge in [-0.3, -0.25) is 0 Å². The molecule has 0 saturated carbocycles. The zero-order chi connectivity index (χ0) is 18.8. The third-order valence-electron chi connectivity index (χ3n) is 2.90. The first-order valence-corrected chi connectivity index (χ1v) is 9.37. The first-order valence-electron chi connectivity index (χ1n) is 6.40. The molecule has 2 aromatic rings. The van der Waals surface area contributed by atoms with Gasteiger partial charge in [0.15, 0.2) is 0 Å². The van der Waals surface area contributed by atoms with Gasteiger partial charge in [-0.15, -0.1) is 28.4 Å². The Morgan fingerprint density at radius 3 is 2.08 bits per heavy atom. The van der Waals surface area contributed by atoms with Crippen molar-refractivity contribution in [1.29, 1.82) is 0 Å². The van der Waals surface area contributed by atoms with Crippen molar-refractivity contribution in [2.75, 3.05) is 0 Å². The average Bonchev–Trinajstić information content (AvgIpc) is 2.54. The summed E-state index contributed by atoms with van der Waals surface area (Å²) in [5.41, 5.74) is -0.812. The molecule has 0 radical (unpaired) electrons. The number of aromatic carboxylic acids is 2. The van der Waals surface area contributed by atoms with E-state index in [9.17, 15) is 26.4 Å². The minimum absolute atomic E-state index is 0. The Bertz CT molecular complexity index is 978. The van der Waals surface area contributed by atoms with E-state index in [1.54, 1.807) is 0 Å². The van der Waals surface area contributed by atoms with Crippen LogP contribution in [0.2, 0.25) is 0 Å². The van der Waals surface area contributed by atoms with Crippen LogP contribution in [0.3, 0.4) is 0 Å². The van der Waals surface area contributed by atoms with Gasteiger partial charge < -0.3 is 15.0 Å². The molecule has 0 aliphatic carbocycles. The largest absolute Gasteiger partial charge is 1.00 e. The minimum atomic E-state index is -4.66. The number of benzene rings is 2. The Kier molecular flexibility index (Phi) is 7.10. The topological polar surface area (TPSA) is 155 Å². The Morgan fingerprint density at radius 2 is 1.50 bits per heavy atom. The van der Waals surface area contributed by atoms with Crippen molar-refractivity contribution >= 4 is 32.0 Å². The van der Waals surface area contributed by atoms with Crippen LogP contribution in [-0.4, -0.2) is 39.0 Å². The summed E-state index contributed by atoms with van der Waals surface area (Å²) in [6, 6.07) is 9.34. The Balaban J connectivity index is 0.00000338. The van der Waals surface area contributed by atoms with Gasteiger partial charge in [0.1, 0.15) is 0 Å². The number of nitrogens with one attached hydrogen (secondary N) is 1. The zero-order valence-corrected chi connectivity index (χ0v) is 16.8. The van der Waals surface area contributed by atoms with E-state index >= 15 is 0 Å². The molecule has 0 aromatic heterocycles. The molecule has 0 bridgehead atoms. The van der Waals surface area contributed by atoms with Crippen molar-refractivity contribution < 1.29 is 66.2 Å². The van der Waals surface area contributed by atoms with E-state index in [2.05, 4.69) is 6.07 Å². The summed E-state index contributed by atoms with van der Waals surface area (Å²) in [6.07, 6.45) is 0. The van der Waals surface area contributed by atoms with Crippen LogP contribution in [0, 0.1) is 6.07 Å². The second-order valence-corrected chi connectivity index (χ2v) is 8.25. The number of hydrogen-bond donors (Lipinski definition) is 3. The fourth-order valence-corrected chi connectivity index (χ4v) is 4.70. The molecular weight excluding hydrogens is 397 g/mol. The predicted octanol–water partition coefficient (Wildman–Crippen LogP) is -2.45. The van der Waals surface area contributed by atoms with Crippen molar-refractivity contribution in [3.8, 4) is 0 Å². The average molecular weight is 407 g/mol. The van der Waals surface area contributed by atoms with Crippen LogP contribution in [0.15, 0.2) is 52.3 Å². The molecule has 0 atom stereocenters. The molecule has 0 aliphatic rings. The van der Waals surface area contributed by atoms with Crippen LogP contribution < -0.4 is 33.7 Å². The molecule has 2 rings (SSSR count). The molecule has 0 spiro atoms. The van der Waals surface area contributed by atoms with Crippen molar-refractivity contribution in [3.63, 3.8) is 0 Å². The summed E-state index contributed by atoms with van der Waals surface area (Å²) in [5.74, 6) is -2.82. The molecule has 0 aliphatic heterocycles. The van der Waals surface area contributed by atoms with E-state index in [1.807, 2.05) is 0 Å². The molecular formula is C14H10NNaO8S2. The molecule has 132 valence electrons. The van der Waals surface area contributed by atoms with Crippen molar-refractivity contribution in [2.45, 2.75) is 9.79 Å². The number of hydrogen-bond acceptors (Lipinski definition) is 6. The van der Waals surface area contributed by atoms with E-state index in [1.165, 1.54) is 4.13 Å². The number of carboxylic acid groups (broad SMARTS) is 2. The van der Waals surface area contributed by atoms with Gasteiger partial charge in [-0.2, -0.15) is 0 Å². The summed E-state index contributed by atoms with van der Waals surface area (Å²) >= 11 is 0. The number of rotatable bonds is 6. The minimum Gasteiger partial charge on any atom is -0.521 e. The van der Waals surface area contributed by atoms with Crippen LogP contribution in [0.5, 0.6) is 0 Å². The zero-order valence-electron chi connectivity index (χ0n) is 13.2. The van der Waals surface area contributed by atoms with E-state index in [0.29, 0.717) is 0 Å². The maximum absolute atomic E-state index is 12.2. The Hall–Kier alpha value is -1.76. The third-order valence-corrected chi connectivity index (χ3v) is 6.35. The first kappa shape index (κ1) is 22.3. The van der Waals surface area contributed by atoms with Gasteiger partial charge in [0.05, 0.1) is 10.5 Å². The Morgan fingerprint density at radius 1 is 0.885 bits per heavy atom. The fourth-order valence-electron chi connectivity index (χ4n) is 1.76. The second-order valence-electron chi connectivity index (χ2n) is 4.66. The van der Waals surface area contributed by atoms with Gasteiger partial charge in [-0.05, 0) is 18.2 Å². The van der Waals surface area contributed by atoms with Gasteiger partial charge in [0.2, 0.25) is 16.0 Å². The predicted molar refractivity (Wildman–Crippen MR) is 83.1 cm³/mol. The molecule has 3 N–H and O–H groups in total. The Labute approximate surface area is 171 Å². The van der Waals surface area contributed by atoms with Crippen LogP contribution in [-0.2, 0) is 20.0 Å². The summed E-state index contributed by atoms with van der Waals surface area (Å²) in [7, 11) is -9.28. The summed E-state index contributed by atoms with van der Waals surface area (Å²) in [5, 5.41) is 17.7. The van der Waals surface area contributed by atoms with Gasteiger partial charge in [0.25, 0.3) is 10.0 Å². The first-order chi connectivity index (χ1) is 11.5. The van der Waals surface area contributed by atoms with Gasteiger partial charge in [-0.25, -0.2) is 21.6 Å². The van der Waals surface area contributed by atoms with Crippen molar-refractivity contribution in [3.05, 3.63) is 59.7 Å². The third kappa shape index (κ3) is 5.13. The number of carbonyl (C=O) groups is 2. The molecule has 26 heavy (non-hydrogen) atoms. The van der Waals surface area contributed by atoms with E-state index < -0.39 is 47.3 Å². The molecule has 0 unspecified atom stereocenters.